The van der Waals surface area contributed by atoms with Gasteiger partial charge in [0.05, 0.1) is 17.9 Å². The number of halogens is 1. The fourth-order valence-electron chi connectivity index (χ4n) is 3.20. The number of anilines is 1. The second kappa shape index (κ2) is 10.8. The zero-order chi connectivity index (χ0) is 20.5. The first-order chi connectivity index (χ1) is 13.6. The molecule has 0 radical (unpaired) electrons. The van der Waals surface area contributed by atoms with Gasteiger partial charge in [-0.1, -0.05) is 51.5 Å². The minimum atomic E-state index is 0.378. The maximum atomic E-state index is 6.03. The van der Waals surface area contributed by atoms with E-state index in [1.54, 1.807) is 0 Å². The molecule has 0 saturated carbocycles. The first-order valence-electron chi connectivity index (χ1n) is 9.94. The summed E-state index contributed by atoms with van der Waals surface area (Å²) in [5.74, 6) is 5.63. The number of rotatable bonds is 1. The van der Waals surface area contributed by atoms with Crippen LogP contribution in [0.3, 0.4) is 0 Å². The zero-order valence-corrected chi connectivity index (χ0v) is 18.3. The lowest BCUT2D eigenvalue weighted by molar-refractivity contribution is 0.731. The van der Waals surface area contributed by atoms with E-state index >= 15 is 0 Å². The highest BCUT2D eigenvalue weighted by molar-refractivity contribution is 6.18. The van der Waals surface area contributed by atoms with Crippen molar-refractivity contribution in [2.24, 2.45) is 0 Å². The Hall–Kier alpha value is -2.44. The average Bonchev–Trinajstić information content (AvgIpc) is 3.24. The molecule has 1 unspecified atom stereocenters. The van der Waals surface area contributed by atoms with E-state index in [1.165, 1.54) is 21.6 Å². The lowest BCUT2D eigenvalue weighted by atomic mass is 10.1. The summed E-state index contributed by atoms with van der Waals surface area (Å²) >= 11 is 6.03. The third kappa shape index (κ3) is 5.09. The quantitative estimate of drug-likeness (QED) is 0.415. The molecule has 0 amide bonds. The maximum absolute atomic E-state index is 6.03. The Morgan fingerprint density at radius 1 is 1.18 bits per heavy atom. The lowest BCUT2D eigenvalue weighted by Gasteiger charge is -2.24. The second-order valence-electron chi connectivity index (χ2n) is 6.72. The summed E-state index contributed by atoms with van der Waals surface area (Å²) in [7, 11) is 0. The normalized spacial score (nSPS) is 14.2. The van der Waals surface area contributed by atoms with Crippen LogP contribution in [0, 0.1) is 11.8 Å². The van der Waals surface area contributed by atoms with E-state index in [0.717, 1.165) is 29.7 Å². The van der Waals surface area contributed by atoms with Crippen LogP contribution in [0.25, 0.3) is 11.0 Å². The van der Waals surface area contributed by atoms with Gasteiger partial charge in [0.15, 0.2) is 5.65 Å². The topological polar surface area (TPSA) is 21.1 Å². The molecule has 3 nitrogen and oxygen atoms in total. The summed E-state index contributed by atoms with van der Waals surface area (Å²) in [5, 5.41) is 1.07. The Morgan fingerprint density at radius 3 is 2.50 bits per heavy atom. The lowest BCUT2D eigenvalue weighted by Crippen LogP contribution is -2.18. The van der Waals surface area contributed by atoms with Crippen LogP contribution in [-0.2, 0) is 6.54 Å². The van der Waals surface area contributed by atoms with Crippen molar-refractivity contribution >= 4 is 28.5 Å². The molecule has 0 spiro atoms. The largest absolute Gasteiger partial charge is 0.359 e. The molecule has 1 atom stereocenters. The molecule has 1 aromatic carbocycles. The number of hydrogen-bond acceptors (Lipinski definition) is 2. The van der Waals surface area contributed by atoms with Gasteiger partial charge in [-0.25, -0.2) is 9.07 Å². The molecule has 148 valence electrons. The predicted octanol–water partition coefficient (Wildman–Crippen LogP) is 6.96. The predicted molar refractivity (Wildman–Crippen MR) is 122 cm³/mol. The Kier molecular flexibility index (Phi) is 8.42. The molecule has 3 heterocycles. The van der Waals surface area contributed by atoms with Gasteiger partial charge in [-0.2, -0.15) is 0 Å². The van der Waals surface area contributed by atoms with Gasteiger partial charge < -0.3 is 4.90 Å². The fourth-order valence-corrected chi connectivity index (χ4v) is 3.40. The molecular weight excluding hydrogens is 366 g/mol. The van der Waals surface area contributed by atoms with Crippen molar-refractivity contribution in [2.75, 3.05) is 4.90 Å². The monoisotopic (exact) mass is 395 g/mol. The van der Waals surface area contributed by atoms with Crippen LogP contribution >= 0.6 is 11.8 Å². The molecule has 0 aliphatic carbocycles. The summed E-state index contributed by atoms with van der Waals surface area (Å²) in [6, 6.07) is 13.1. The molecule has 0 N–H and O–H groups in total. The van der Waals surface area contributed by atoms with Crippen molar-refractivity contribution in [2.45, 2.75) is 60.0 Å². The Labute approximate surface area is 174 Å². The highest BCUT2D eigenvalue weighted by atomic mass is 35.5. The number of aromatic nitrogens is 2. The van der Waals surface area contributed by atoms with Crippen molar-refractivity contribution in [3.63, 3.8) is 0 Å². The Morgan fingerprint density at radius 2 is 1.89 bits per heavy atom. The minimum Gasteiger partial charge on any atom is -0.359 e. The van der Waals surface area contributed by atoms with Crippen LogP contribution in [0.5, 0.6) is 0 Å². The van der Waals surface area contributed by atoms with E-state index in [0.29, 0.717) is 6.04 Å². The van der Waals surface area contributed by atoms with Gasteiger partial charge in [-0.15, -0.1) is 11.8 Å². The summed E-state index contributed by atoms with van der Waals surface area (Å²) in [4.78, 5) is 6.85. The fraction of sp³-hybridized carbons (Fsp3) is 0.375. The number of fused-ring (bicyclic) bond motifs is 2. The first-order valence-corrected chi connectivity index (χ1v) is 10.3. The van der Waals surface area contributed by atoms with Crippen molar-refractivity contribution in [1.29, 1.82) is 0 Å². The molecule has 4 rings (SSSR count). The van der Waals surface area contributed by atoms with E-state index in [1.807, 2.05) is 32.3 Å². The summed E-state index contributed by atoms with van der Waals surface area (Å²) in [5.41, 5.74) is 4.75. The van der Waals surface area contributed by atoms with Crippen LogP contribution in [0.1, 0.15) is 64.6 Å². The molecular formula is C24H30ClN3. The summed E-state index contributed by atoms with van der Waals surface area (Å²) in [6.45, 7) is 11.3. The van der Waals surface area contributed by atoms with Crippen LogP contribution in [0.4, 0.5) is 5.69 Å². The van der Waals surface area contributed by atoms with Crippen LogP contribution < -0.4 is 4.90 Å². The molecule has 0 saturated heterocycles. The highest BCUT2D eigenvalue weighted by Crippen LogP contribution is 2.37. The van der Waals surface area contributed by atoms with Crippen LogP contribution in [-0.4, -0.2) is 9.07 Å². The molecule has 3 aromatic rings. The molecule has 0 bridgehead atoms. The van der Waals surface area contributed by atoms with E-state index in [2.05, 4.69) is 72.8 Å². The van der Waals surface area contributed by atoms with E-state index in [9.17, 15) is 0 Å². The first kappa shape index (κ1) is 21.9. The van der Waals surface area contributed by atoms with Gasteiger partial charge >= 0.3 is 0 Å². The van der Waals surface area contributed by atoms with Gasteiger partial charge in [-0.05, 0) is 37.1 Å². The van der Waals surface area contributed by atoms with Crippen molar-refractivity contribution in [3.8, 4) is 11.8 Å². The van der Waals surface area contributed by atoms with Crippen LogP contribution in [0.2, 0.25) is 0 Å². The van der Waals surface area contributed by atoms with Crippen molar-refractivity contribution in [1.82, 2.24) is 9.07 Å². The van der Waals surface area contributed by atoms with Crippen molar-refractivity contribution in [3.05, 3.63) is 59.9 Å². The van der Waals surface area contributed by atoms with Crippen molar-refractivity contribution < 1.29 is 0 Å². The van der Waals surface area contributed by atoms with E-state index < -0.39 is 0 Å². The van der Waals surface area contributed by atoms with E-state index in [4.69, 9.17) is 11.8 Å². The number of nitrogens with zero attached hydrogens (tertiary/aromatic N) is 3. The number of hydrogen-bond donors (Lipinski definition) is 0. The third-order valence-electron chi connectivity index (χ3n) is 4.47. The molecule has 0 fully saturated rings. The average molecular weight is 396 g/mol. The van der Waals surface area contributed by atoms with Gasteiger partial charge in [-0.3, -0.25) is 0 Å². The van der Waals surface area contributed by atoms with Gasteiger partial charge in [0.25, 0.3) is 0 Å². The molecule has 4 heteroatoms. The van der Waals surface area contributed by atoms with Gasteiger partial charge in [0, 0.05) is 36.3 Å². The standard InChI is InChI=1S/C16H14ClN3.C5H8.C3H8/c1-11-15-5-3-2-4-13(15)10-19(11)14-8-12-6-7-20(17)16(12)18-9-14;1-3-5-4-2;1-3-2/h2-9,11H,10H2,1H3;3H2,1-2H3;3H2,1-2H3. The third-order valence-corrected chi connectivity index (χ3v) is 4.74. The summed E-state index contributed by atoms with van der Waals surface area (Å²) < 4.78 is 1.53. The smallest absolute Gasteiger partial charge is 0.154 e. The van der Waals surface area contributed by atoms with Crippen LogP contribution in [0.15, 0.2) is 48.8 Å². The highest BCUT2D eigenvalue weighted by Gasteiger charge is 2.26. The molecule has 2 aromatic heterocycles. The Balaban J connectivity index is 0.000000302. The van der Waals surface area contributed by atoms with E-state index in [-0.39, 0.29) is 0 Å². The SMILES string of the molecule is CC#CCC.CC1c2ccccc2CN1c1cnc2c(ccn2Cl)c1.CCC. The van der Waals surface area contributed by atoms with Gasteiger partial charge in [0.2, 0.25) is 0 Å². The van der Waals surface area contributed by atoms with Gasteiger partial charge in [0.1, 0.15) is 0 Å². The Bertz CT molecular complexity index is 949. The molecule has 1 aliphatic heterocycles. The molecule has 1 aliphatic rings. The zero-order valence-electron chi connectivity index (χ0n) is 17.5. The number of benzene rings is 1. The second-order valence-corrected chi connectivity index (χ2v) is 7.09. The molecule has 28 heavy (non-hydrogen) atoms. The summed E-state index contributed by atoms with van der Waals surface area (Å²) in [6.07, 6.45) is 5.96. The minimum absolute atomic E-state index is 0.378. The maximum Gasteiger partial charge on any atom is 0.154 e. The number of pyridine rings is 1.